The summed E-state index contributed by atoms with van der Waals surface area (Å²) in [6.07, 6.45) is 5.03. The maximum absolute atomic E-state index is 12.2. The Balaban J connectivity index is 1.76. The Labute approximate surface area is 129 Å². The number of esters is 2. The smallest absolute Gasteiger partial charge is 0.313 e. The second kappa shape index (κ2) is 7.42. The molecule has 2 bridgehead atoms. The molecule has 0 spiro atoms. The molecule has 0 aromatic heterocycles. The predicted octanol–water partition coefficient (Wildman–Crippen LogP) is 1.48. The van der Waals surface area contributed by atoms with Gasteiger partial charge in [-0.2, -0.15) is 0 Å². The second-order valence-corrected chi connectivity index (χ2v) is 5.82. The maximum atomic E-state index is 12.2. The molecule has 6 heteroatoms. The fourth-order valence-electron chi connectivity index (χ4n) is 3.03. The molecule has 0 saturated heterocycles. The summed E-state index contributed by atoms with van der Waals surface area (Å²) in [6, 6.07) is 0. The zero-order chi connectivity index (χ0) is 16.1. The van der Waals surface area contributed by atoms with E-state index in [-0.39, 0.29) is 36.9 Å². The van der Waals surface area contributed by atoms with Crippen LogP contribution in [0.15, 0.2) is 12.2 Å². The molecule has 0 N–H and O–H groups in total. The molecule has 2 rings (SSSR count). The topological polar surface area (TPSA) is 78.9 Å². The molecule has 122 valence electrons. The molecule has 0 aliphatic heterocycles. The highest BCUT2D eigenvalue weighted by Crippen LogP contribution is 2.45. The summed E-state index contributed by atoms with van der Waals surface area (Å²) in [5, 5.41) is 0. The van der Waals surface area contributed by atoms with Crippen molar-refractivity contribution in [2.24, 2.45) is 23.7 Å². The van der Waals surface area contributed by atoms with E-state index in [1.54, 1.807) is 6.92 Å². The van der Waals surface area contributed by atoms with Gasteiger partial charge >= 0.3 is 11.9 Å². The van der Waals surface area contributed by atoms with Gasteiger partial charge in [0.15, 0.2) is 0 Å². The average molecular weight is 310 g/mol. The van der Waals surface area contributed by atoms with Crippen molar-refractivity contribution in [2.75, 3.05) is 13.2 Å². The zero-order valence-electron chi connectivity index (χ0n) is 12.9. The fraction of sp³-hybridized carbons (Fsp3) is 0.688. The van der Waals surface area contributed by atoms with E-state index < -0.39 is 18.0 Å². The van der Waals surface area contributed by atoms with E-state index in [4.69, 9.17) is 14.2 Å². The number of carbonyl (C=O) groups excluding carboxylic acids is 3. The van der Waals surface area contributed by atoms with E-state index in [2.05, 4.69) is 0 Å². The molecule has 5 atom stereocenters. The third-order valence-electron chi connectivity index (χ3n) is 4.46. The lowest BCUT2D eigenvalue weighted by Gasteiger charge is -2.24. The number of hydrogen-bond donors (Lipinski definition) is 0. The maximum Gasteiger partial charge on any atom is 0.313 e. The number of ether oxygens (including phenoxy) is 3. The molecule has 6 nitrogen and oxygen atoms in total. The summed E-state index contributed by atoms with van der Waals surface area (Å²) in [7, 11) is 0. The normalized spacial score (nSPS) is 29.9. The molecular formula is C16H22O6. The van der Waals surface area contributed by atoms with Crippen molar-refractivity contribution in [1.29, 1.82) is 0 Å². The molecule has 0 aromatic rings. The van der Waals surface area contributed by atoms with Gasteiger partial charge in [-0.3, -0.25) is 14.4 Å². The van der Waals surface area contributed by atoms with E-state index in [9.17, 15) is 14.4 Å². The minimum absolute atomic E-state index is 0.0203. The van der Waals surface area contributed by atoms with Crippen LogP contribution in [0.4, 0.5) is 0 Å². The molecule has 0 amide bonds. The van der Waals surface area contributed by atoms with Gasteiger partial charge < -0.3 is 14.2 Å². The molecule has 1 saturated carbocycles. The largest absolute Gasteiger partial charge is 0.463 e. The van der Waals surface area contributed by atoms with Crippen molar-refractivity contribution in [2.45, 2.75) is 32.8 Å². The summed E-state index contributed by atoms with van der Waals surface area (Å²) in [5.74, 6) is -1.14. The van der Waals surface area contributed by atoms with Crippen molar-refractivity contribution in [1.82, 2.24) is 0 Å². The van der Waals surface area contributed by atoms with E-state index in [1.165, 1.54) is 0 Å². The predicted molar refractivity (Wildman–Crippen MR) is 76.5 cm³/mol. The van der Waals surface area contributed by atoms with Crippen LogP contribution in [0.25, 0.3) is 0 Å². The Kier molecular flexibility index (Phi) is 5.57. The van der Waals surface area contributed by atoms with Gasteiger partial charge in [0.2, 0.25) is 0 Å². The van der Waals surface area contributed by atoms with Crippen LogP contribution >= 0.6 is 0 Å². The van der Waals surface area contributed by atoms with Gasteiger partial charge in [-0.25, -0.2) is 0 Å². The highest BCUT2D eigenvalue weighted by atomic mass is 16.6. The number of carbonyl (C=O) groups is 3. The standard InChI is InChI=1S/C16H22O6/c1-3-10(2)15(18)20-6-7-21-16(19)13-11-4-5-12(8-11)14(13)22-9-17/h4-5,9-14H,3,6-8H2,1-2H3. The van der Waals surface area contributed by atoms with Crippen molar-refractivity contribution in [3.63, 3.8) is 0 Å². The zero-order valence-corrected chi connectivity index (χ0v) is 12.9. The van der Waals surface area contributed by atoms with Crippen molar-refractivity contribution >= 4 is 18.4 Å². The summed E-state index contributed by atoms with van der Waals surface area (Å²) in [4.78, 5) is 34.2. The Morgan fingerprint density at radius 1 is 1.23 bits per heavy atom. The molecule has 0 heterocycles. The van der Waals surface area contributed by atoms with E-state index in [0.29, 0.717) is 12.9 Å². The van der Waals surface area contributed by atoms with Crippen LogP contribution < -0.4 is 0 Å². The van der Waals surface area contributed by atoms with Crippen LogP contribution in [0.1, 0.15) is 26.7 Å². The number of fused-ring (bicyclic) bond motifs is 2. The third-order valence-corrected chi connectivity index (χ3v) is 4.46. The molecule has 0 radical (unpaired) electrons. The lowest BCUT2D eigenvalue weighted by atomic mass is 9.91. The highest BCUT2D eigenvalue weighted by molar-refractivity contribution is 5.75. The van der Waals surface area contributed by atoms with Gasteiger partial charge in [-0.05, 0) is 18.8 Å². The van der Waals surface area contributed by atoms with Gasteiger partial charge in [0.1, 0.15) is 25.2 Å². The van der Waals surface area contributed by atoms with Crippen LogP contribution in [0, 0.1) is 23.7 Å². The lowest BCUT2D eigenvalue weighted by molar-refractivity contribution is -0.162. The first-order chi connectivity index (χ1) is 10.6. The molecule has 5 unspecified atom stereocenters. The first kappa shape index (κ1) is 16.5. The first-order valence-corrected chi connectivity index (χ1v) is 7.69. The minimum atomic E-state index is -0.453. The summed E-state index contributed by atoms with van der Waals surface area (Å²) >= 11 is 0. The van der Waals surface area contributed by atoms with E-state index >= 15 is 0 Å². The Morgan fingerprint density at radius 3 is 2.59 bits per heavy atom. The highest BCUT2D eigenvalue weighted by Gasteiger charge is 2.50. The molecule has 1 fully saturated rings. The Bertz CT molecular complexity index is 458. The molecule has 0 aromatic carbocycles. The molecule has 2 aliphatic rings. The average Bonchev–Trinajstić information content (AvgIpc) is 3.11. The van der Waals surface area contributed by atoms with Gasteiger partial charge in [0, 0.05) is 5.92 Å². The van der Waals surface area contributed by atoms with Crippen molar-refractivity contribution < 1.29 is 28.6 Å². The van der Waals surface area contributed by atoms with Crippen molar-refractivity contribution in [3.8, 4) is 0 Å². The number of rotatable bonds is 8. The Morgan fingerprint density at radius 2 is 1.91 bits per heavy atom. The van der Waals surface area contributed by atoms with Crippen LogP contribution in [0.2, 0.25) is 0 Å². The quantitative estimate of drug-likeness (QED) is 0.222. The molecular weight excluding hydrogens is 288 g/mol. The first-order valence-electron chi connectivity index (χ1n) is 7.69. The van der Waals surface area contributed by atoms with E-state index in [0.717, 1.165) is 6.42 Å². The number of allylic oxidation sites excluding steroid dienone is 1. The minimum Gasteiger partial charge on any atom is -0.463 e. The number of hydrogen-bond acceptors (Lipinski definition) is 6. The monoisotopic (exact) mass is 310 g/mol. The summed E-state index contributed by atoms with van der Waals surface area (Å²) < 4.78 is 15.2. The van der Waals surface area contributed by atoms with E-state index in [1.807, 2.05) is 19.1 Å². The lowest BCUT2D eigenvalue weighted by Crippen LogP contribution is -2.35. The molecule has 22 heavy (non-hydrogen) atoms. The summed E-state index contributed by atoms with van der Waals surface area (Å²) in [5.41, 5.74) is 0. The van der Waals surface area contributed by atoms with Crippen LogP contribution in [-0.2, 0) is 28.6 Å². The van der Waals surface area contributed by atoms with Crippen LogP contribution in [0.5, 0.6) is 0 Å². The fourth-order valence-corrected chi connectivity index (χ4v) is 3.03. The Hall–Kier alpha value is -1.85. The summed E-state index contributed by atoms with van der Waals surface area (Å²) in [6.45, 7) is 4.14. The SMILES string of the molecule is CCC(C)C(=O)OCCOC(=O)C1C2C=CC(C2)C1OC=O. The van der Waals surface area contributed by atoms with Gasteiger partial charge in [0.25, 0.3) is 6.47 Å². The van der Waals surface area contributed by atoms with Crippen LogP contribution in [0.3, 0.4) is 0 Å². The van der Waals surface area contributed by atoms with Gasteiger partial charge in [-0.15, -0.1) is 0 Å². The van der Waals surface area contributed by atoms with Gasteiger partial charge in [-0.1, -0.05) is 26.0 Å². The van der Waals surface area contributed by atoms with Gasteiger partial charge in [0.05, 0.1) is 5.92 Å². The van der Waals surface area contributed by atoms with Crippen LogP contribution in [-0.4, -0.2) is 37.7 Å². The third kappa shape index (κ3) is 3.48. The van der Waals surface area contributed by atoms with Crippen molar-refractivity contribution in [3.05, 3.63) is 12.2 Å². The second-order valence-electron chi connectivity index (χ2n) is 5.82. The molecule has 2 aliphatic carbocycles.